The van der Waals surface area contributed by atoms with Crippen LogP contribution in [0.2, 0.25) is 10.0 Å². The summed E-state index contributed by atoms with van der Waals surface area (Å²) < 4.78 is 49.3. The maximum absolute atomic E-state index is 13.3. The van der Waals surface area contributed by atoms with Crippen LogP contribution in [0.4, 0.5) is 23.2 Å². The summed E-state index contributed by atoms with van der Waals surface area (Å²) in [5.41, 5.74) is -0.628. The van der Waals surface area contributed by atoms with E-state index in [-0.39, 0.29) is 5.02 Å². The Morgan fingerprint density at radius 1 is 1.19 bits per heavy atom. The molecule has 0 N–H and O–H groups in total. The second-order valence-electron chi connectivity index (χ2n) is 2.59. The molecule has 0 aliphatic rings. The number of aliphatic imine (C=N–C) groups is 1. The van der Waals surface area contributed by atoms with Crippen LogP contribution in [0, 0.1) is 5.82 Å². The molecule has 0 radical (unpaired) electrons. The first kappa shape index (κ1) is 13.5. The van der Waals surface area contributed by atoms with Crippen molar-refractivity contribution in [3.63, 3.8) is 0 Å². The molecule has 0 unspecified atom stereocenters. The number of alkyl halides is 3. The highest BCUT2D eigenvalue weighted by Gasteiger charge is 2.34. The highest BCUT2D eigenvalue weighted by atomic mass is 35.5. The molecule has 0 aliphatic carbocycles. The smallest absolute Gasteiger partial charge is 0.229 e. The molecule has 88 valence electrons. The number of nitrogens with zero attached hydrogens (tertiary/aromatic N) is 1. The predicted molar refractivity (Wildman–Crippen MR) is 55.4 cm³/mol. The topological polar surface area (TPSA) is 12.4 Å². The summed E-state index contributed by atoms with van der Waals surface area (Å²) >= 11 is 15.7. The highest BCUT2D eigenvalue weighted by Crippen LogP contribution is 2.33. The van der Waals surface area contributed by atoms with E-state index in [1.165, 1.54) is 0 Å². The normalized spacial score (nSPS) is 13.1. The number of hydrogen-bond donors (Lipinski definition) is 0. The zero-order valence-corrected chi connectivity index (χ0v) is 9.52. The largest absolute Gasteiger partial charge is 0.444 e. The SMILES string of the molecule is Fc1c(N=C(Cl)C(F)(F)F)ccc(Cl)c1Cl. The standard InChI is InChI=1S/C8H2Cl3F4N/c9-3-1-2-4(6(12)5(3)10)16-7(11)8(13,14)15/h1-2H. The van der Waals surface area contributed by atoms with E-state index < -0.39 is 27.9 Å². The molecule has 0 fully saturated rings. The fourth-order valence-corrected chi connectivity index (χ4v) is 1.17. The summed E-state index contributed by atoms with van der Waals surface area (Å²) in [6.45, 7) is 0. The maximum atomic E-state index is 13.3. The molecule has 1 rings (SSSR count). The number of hydrogen-bond acceptors (Lipinski definition) is 1. The minimum Gasteiger partial charge on any atom is -0.229 e. The molecule has 0 saturated heterocycles. The van der Waals surface area contributed by atoms with E-state index in [9.17, 15) is 17.6 Å². The lowest BCUT2D eigenvalue weighted by Gasteiger charge is -2.05. The number of rotatable bonds is 1. The van der Waals surface area contributed by atoms with Gasteiger partial charge in [0.05, 0.1) is 10.0 Å². The van der Waals surface area contributed by atoms with Gasteiger partial charge in [0.15, 0.2) is 5.82 Å². The number of halogens is 7. The summed E-state index contributed by atoms with van der Waals surface area (Å²) in [4.78, 5) is 2.87. The van der Waals surface area contributed by atoms with Gasteiger partial charge >= 0.3 is 6.18 Å². The Kier molecular flexibility index (Phi) is 4.04. The lowest BCUT2D eigenvalue weighted by atomic mass is 10.3. The lowest BCUT2D eigenvalue weighted by molar-refractivity contribution is -0.0558. The zero-order valence-electron chi connectivity index (χ0n) is 7.25. The van der Waals surface area contributed by atoms with Crippen molar-refractivity contribution < 1.29 is 17.6 Å². The van der Waals surface area contributed by atoms with E-state index in [1.807, 2.05) is 0 Å². The molecule has 1 aromatic rings. The van der Waals surface area contributed by atoms with Crippen LogP contribution in [-0.2, 0) is 0 Å². The minimum absolute atomic E-state index is 0.124. The summed E-state index contributed by atoms with van der Waals surface area (Å²) in [5.74, 6) is -1.16. The van der Waals surface area contributed by atoms with Crippen molar-refractivity contribution in [2.75, 3.05) is 0 Å². The van der Waals surface area contributed by atoms with Gasteiger partial charge in [0.25, 0.3) is 0 Å². The first-order chi connectivity index (χ1) is 7.23. The number of benzene rings is 1. The van der Waals surface area contributed by atoms with Crippen LogP contribution in [0.3, 0.4) is 0 Å². The average molecular weight is 294 g/mol. The van der Waals surface area contributed by atoms with Gasteiger partial charge in [-0.25, -0.2) is 9.38 Å². The summed E-state index contributed by atoms with van der Waals surface area (Å²) in [6.07, 6.45) is -4.83. The van der Waals surface area contributed by atoms with Gasteiger partial charge < -0.3 is 0 Å². The van der Waals surface area contributed by atoms with Gasteiger partial charge in [0, 0.05) is 0 Å². The van der Waals surface area contributed by atoms with Gasteiger partial charge in [-0.2, -0.15) is 13.2 Å². The van der Waals surface area contributed by atoms with Gasteiger partial charge in [-0.3, -0.25) is 0 Å². The third-order valence-electron chi connectivity index (χ3n) is 1.47. The van der Waals surface area contributed by atoms with E-state index in [1.54, 1.807) is 0 Å². The van der Waals surface area contributed by atoms with Crippen molar-refractivity contribution in [1.82, 2.24) is 0 Å². The van der Waals surface area contributed by atoms with Gasteiger partial charge in [-0.15, -0.1) is 0 Å². The molecule has 0 saturated carbocycles. The molecule has 0 heterocycles. The van der Waals surface area contributed by atoms with Crippen molar-refractivity contribution in [1.29, 1.82) is 0 Å². The first-order valence-corrected chi connectivity index (χ1v) is 4.81. The van der Waals surface area contributed by atoms with Crippen LogP contribution < -0.4 is 0 Å². The molecule has 0 spiro atoms. The van der Waals surface area contributed by atoms with Crippen molar-refractivity contribution in [2.24, 2.45) is 4.99 Å². The Labute approximate surface area is 103 Å². The molecule has 0 atom stereocenters. The second kappa shape index (κ2) is 4.77. The third-order valence-corrected chi connectivity index (χ3v) is 2.55. The van der Waals surface area contributed by atoms with Gasteiger partial charge in [-0.05, 0) is 12.1 Å². The quantitative estimate of drug-likeness (QED) is 0.394. The summed E-state index contributed by atoms with van der Waals surface area (Å²) in [6, 6.07) is 2.06. The Hall–Kier alpha value is -0.520. The molecular formula is C8H2Cl3F4N. The molecule has 16 heavy (non-hydrogen) atoms. The Morgan fingerprint density at radius 2 is 1.75 bits per heavy atom. The molecule has 0 aromatic heterocycles. The average Bonchev–Trinajstić information content (AvgIpc) is 2.17. The summed E-state index contributed by atoms with van der Waals surface area (Å²) in [5, 5.41) is -2.32. The summed E-state index contributed by atoms with van der Waals surface area (Å²) in [7, 11) is 0. The molecular weight excluding hydrogens is 292 g/mol. The van der Waals surface area contributed by atoms with Gasteiger partial charge in [0.2, 0.25) is 5.17 Å². The molecule has 0 aliphatic heterocycles. The van der Waals surface area contributed by atoms with Gasteiger partial charge in [-0.1, -0.05) is 34.8 Å². The van der Waals surface area contributed by atoms with Crippen molar-refractivity contribution in [3.05, 3.63) is 28.0 Å². The van der Waals surface area contributed by atoms with Crippen molar-refractivity contribution in [2.45, 2.75) is 6.18 Å². The van der Waals surface area contributed by atoms with Crippen LogP contribution in [0.25, 0.3) is 0 Å². The first-order valence-electron chi connectivity index (χ1n) is 3.68. The second-order valence-corrected chi connectivity index (χ2v) is 3.74. The fourth-order valence-electron chi connectivity index (χ4n) is 0.771. The highest BCUT2D eigenvalue weighted by molar-refractivity contribution is 6.67. The molecule has 0 bridgehead atoms. The maximum Gasteiger partial charge on any atom is 0.444 e. The Balaban J connectivity index is 3.22. The van der Waals surface area contributed by atoms with E-state index in [4.69, 9.17) is 34.8 Å². The van der Waals surface area contributed by atoms with Crippen LogP contribution in [0.15, 0.2) is 17.1 Å². The Bertz CT molecular complexity index is 442. The van der Waals surface area contributed by atoms with E-state index in [2.05, 4.69) is 4.99 Å². The van der Waals surface area contributed by atoms with Crippen molar-refractivity contribution in [3.8, 4) is 0 Å². The molecule has 0 amide bonds. The van der Waals surface area contributed by atoms with E-state index in [0.29, 0.717) is 0 Å². The molecule has 1 nitrogen and oxygen atoms in total. The third kappa shape index (κ3) is 2.99. The Morgan fingerprint density at radius 3 is 2.25 bits per heavy atom. The van der Waals surface area contributed by atoms with Crippen LogP contribution in [0.5, 0.6) is 0 Å². The fraction of sp³-hybridized carbons (Fsp3) is 0.125. The lowest BCUT2D eigenvalue weighted by Crippen LogP contribution is -2.16. The molecule has 1 aromatic carbocycles. The van der Waals surface area contributed by atoms with E-state index >= 15 is 0 Å². The van der Waals surface area contributed by atoms with Gasteiger partial charge in [0.1, 0.15) is 5.69 Å². The van der Waals surface area contributed by atoms with E-state index in [0.717, 1.165) is 12.1 Å². The minimum atomic E-state index is -4.83. The van der Waals surface area contributed by atoms with Crippen molar-refractivity contribution >= 4 is 45.7 Å². The predicted octanol–water partition coefficient (Wildman–Crippen LogP) is 4.96. The van der Waals surface area contributed by atoms with Crippen LogP contribution >= 0.6 is 34.8 Å². The zero-order chi connectivity index (χ0) is 12.5. The molecule has 8 heteroatoms. The monoisotopic (exact) mass is 293 g/mol. The van der Waals surface area contributed by atoms with Crippen LogP contribution in [-0.4, -0.2) is 11.3 Å². The van der Waals surface area contributed by atoms with Crippen LogP contribution in [0.1, 0.15) is 0 Å².